The molecule has 3 atom stereocenters. The van der Waals surface area contributed by atoms with Gasteiger partial charge in [-0.05, 0) is 44.5 Å². The molecule has 0 N–H and O–H groups in total. The van der Waals surface area contributed by atoms with Crippen molar-refractivity contribution in [2.75, 3.05) is 7.05 Å². The van der Waals surface area contributed by atoms with Crippen LogP contribution in [0, 0.1) is 0 Å². The Kier molecular flexibility index (Phi) is 5.13. The Hall–Kier alpha value is -1.89. The van der Waals surface area contributed by atoms with Crippen molar-refractivity contribution in [3.8, 4) is 0 Å². The van der Waals surface area contributed by atoms with Crippen LogP contribution < -0.4 is 0 Å². The zero-order valence-electron chi connectivity index (χ0n) is 15.1. The van der Waals surface area contributed by atoms with E-state index in [1.54, 1.807) is 0 Å². The molecule has 130 valence electrons. The van der Waals surface area contributed by atoms with Crippen LogP contribution in [0.15, 0.2) is 72.0 Å². The summed E-state index contributed by atoms with van der Waals surface area (Å²) in [5.41, 5.74) is 6.21. The highest BCUT2D eigenvalue weighted by atomic mass is 31.2. The van der Waals surface area contributed by atoms with Gasteiger partial charge in [0.1, 0.15) is 11.4 Å². The number of rotatable bonds is 3. The highest BCUT2D eigenvalue weighted by Gasteiger charge is 2.49. The van der Waals surface area contributed by atoms with E-state index in [1.165, 1.54) is 0 Å². The highest BCUT2D eigenvalue weighted by molar-refractivity contribution is 7.67. The molecule has 2 aromatic rings. The Morgan fingerprint density at radius 3 is 2.16 bits per heavy atom. The van der Waals surface area contributed by atoms with Crippen LogP contribution in [0.1, 0.15) is 38.0 Å². The van der Waals surface area contributed by atoms with Crippen molar-refractivity contribution in [2.45, 2.75) is 32.9 Å². The molecule has 3 nitrogen and oxygen atoms in total. The summed E-state index contributed by atoms with van der Waals surface area (Å²) in [6, 6.07) is 19.8. The molecular weight excluding hydrogens is 329 g/mol. The van der Waals surface area contributed by atoms with Gasteiger partial charge in [0, 0.05) is 6.04 Å². The third-order valence-electron chi connectivity index (χ3n) is 4.53. The van der Waals surface area contributed by atoms with E-state index in [0.717, 1.165) is 16.7 Å². The maximum Gasteiger partial charge on any atom is 0.311 e. The minimum atomic E-state index is -3.21. The van der Waals surface area contributed by atoms with E-state index in [1.807, 2.05) is 86.2 Å². The molecule has 0 saturated carbocycles. The first-order chi connectivity index (χ1) is 11.9. The average molecular weight is 353 g/mol. The van der Waals surface area contributed by atoms with Gasteiger partial charge < -0.3 is 4.52 Å². The molecule has 25 heavy (non-hydrogen) atoms. The van der Waals surface area contributed by atoms with Crippen LogP contribution in [0.5, 0.6) is 0 Å². The zero-order chi connectivity index (χ0) is 18.0. The Morgan fingerprint density at radius 2 is 1.60 bits per heavy atom. The van der Waals surface area contributed by atoms with E-state index in [0.29, 0.717) is 5.31 Å². The van der Waals surface area contributed by atoms with Gasteiger partial charge in [-0.15, -0.1) is 5.73 Å². The van der Waals surface area contributed by atoms with Crippen molar-refractivity contribution in [1.29, 1.82) is 0 Å². The molecule has 0 unspecified atom stereocenters. The summed E-state index contributed by atoms with van der Waals surface area (Å²) >= 11 is 0. The van der Waals surface area contributed by atoms with Crippen LogP contribution in [0.3, 0.4) is 0 Å². The Labute approximate surface area is 150 Å². The van der Waals surface area contributed by atoms with Crippen LogP contribution in [0.25, 0.3) is 5.31 Å². The van der Waals surface area contributed by atoms with Gasteiger partial charge >= 0.3 is 7.52 Å². The molecule has 1 fully saturated rings. The second-order valence-corrected chi connectivity index (χ2v) is 8.94. The summed E-state index contributed by atoms with van der Waals surface area (Å²) in [5.74, 6) is 0. The minimum Gasteiger partial charge on any atom is -0.304 e. The first kappa shape index (κ1) is 17.9. The third-order valence-corrected chi connectivity index (χ3v) is 7.17. The molecule has 0 aliphatic carbocycles. The molecule has 0 spiro atoms. The van der Waals surface area contributed by atoms with E-state index in [4.69, 9.17) is 4.52 Å². The van der Waals surface area contributed by atoms with Gasteiger partial charge in [-0.3, -0.25) is 4.57 Å². The number of hydrogen-bond donors (Lipinski definition) is 0. The quantitative estimate of drug-likeness (QED) is 0.510. The van der Waals surface area contributed by atoms with Crippen molar-refractivity contribution < 1.29 is 9.09 Å². The molecule has 0 radical (unpaired) electrons. The van der Waals surface area contributed by atoms with Gasteiger partial charge in [-0.2, -0.15) is 0 Å². The lowest BCUT2D eigenvalue weighted by Gasteiger charge is -2.22. The normalized spacial score (nSPS) is 26.2. The predicted molar refractivity (Wildman–Crippen MR) is 103 cm³/mol. The van der Waals surface area contributed by atoms with Crippen LogP contribution in [0.4, 0.5) is 0 Å². The molecule has 1 saturated heterocycles. The summed E-state index contributed by atoms with van der Waals surface area (Å²) in [6.07, 6.45) is -0.227. The van der Waals surface area contributed by atoms with Crippen molar-refractivity contribution in [2.24, 2.45) is 0 Å². The lowest BCUT2D eigenvalue weighted by atomic mass is 10.0. The topological polar surface area (TPSA) is 29.5 Å². The minimum absolute atomic E-state index is 0.00547. The van der Waals surface area contributed by atoms with Gasteiger partial charge in [0.25, 0.3) is 0 Å². The highest BCUT2D eigenvalue weighted by Crippen LogP contribution is 2.69. The van der Waals surface area contributed by atoms with Gasteiger partial charge in [0.15, 0.2) is 0 Å². The van der Waals surface area contributed by atoms with E-state index in [9.17, 15) is 4.57 Å². The standard InChI is InChI=1S/C21H24NO2P/c1-16(2)15-20(18-11-7-5-8-12-18)25(23)22(4)17(3)21(24-25)19-13-9-6-10-14-19/h5-14,17,21H,1-4H3/t17-,21+,25-/m0/s1. The van der Waals surface area contributed by atoms with Crippen LogP contribution >= 0.6 is 7.52 Å². The van der Waals surface area contributed by atoms with E-state index in [-0.39, 0.29) is 12.1 Å². The summed E-state index contributed by atoms with van der Waals surface area (Å²) in [6.45, 7) is 5.98. The lowest BCUT2D eigenvalue weighted by Crippen LogP contribution is -2.23. The summed E-state index contributed by atoms with van der Waals surface area (Å²) in [7, 11) is -1.33. The maximum absolute atomic E-state index is 14.0. The molecular formula is C21H24NO2P. The zero-order valence-corrected chi connectivity index (χ0v) is 16.0. The Bertz CT molecular complexity index is 850. The van der Waals surface area contributed by atoms with Crippen molar-refractivity contribution in [3.63, 3.8) is 0 Å². The Balaban J connectivity index is 2.11. The lowest BCUT2D eigenvalue weighted by molar-refractivity contribution is 0.212. The summed E-state index contributed by atoms with van der Waals surface area (Å²) in [4.78, 5) is 0. The number of benzene rings is 2. The fourth-order valence-corrected chi connectivity index (χ4v) is 5.70. The molecule has 0 bridgehead atoms. The fraction of sp³-hybridized carbons (Fsp3) is 0.286. The van der Waals surface area contributed by atoms with E-state index >= 15 is 0 Å². The van der Waals surface area contributed by atoms with Crippen molar-refractivity contribution in [1.82, 2.24) is 4.67 Å². The smallest absolute Gasteiger partial charge is 0.304 e. The number of hydrogen-bond acceptors (Lipinski definition) is 2. The Morgan fingerprint density at radius 1 is 1.04 bits per heavy atom. The summed E-state index contributed by atoms with van der Waals surface area (Å²) < 4.78 is 22.1. The number of likely N-dealkylation sites (N-methyl/N-ethyl adjacent to an activating group) is 1. The number of nitrogens with zero attached hydrogens (tertiary/aromatic N) is 1. The predicted octanol–water partition coefficient (Wildman–Crippen LogP) is 5.88. The molecule has 1 heterocycles. The second-order valence-electron chi connectivity index (χ2n) is 6.61. The molecule has 1 aliphatic heterocycles. The van der Waals surface area contributed by atoms with Crippen molar-refractivity contribution >= 4 is 12.8 Å². The molecule has 1 aliphatic rings. The van der Waals surface area contributed by atoms with E-state index in [2.05, 4.69) is 12.7 Å². The first-order valence-electron chi connectivity index (χ1n) is 8.50. The van der Waals surface area contributed by atoms with Crippen LogP contribution in [-0.4, -0.2) is 17.8 Å². The van der Waals surface area contributed by atoms with Gasteiger partial charge in [0.05, 0.1) is 0 Å². The third kappa shape index (κ3) is 3.42. The van der Waals surface area contributed by atoms with Crippen molar-refractivity contribution in [3.05, 3.63) is 83.1 Å². The molecule has 4 heteroatoms. The average Bonchev–Trinajstić information content (AvgIpc) is 2.86. The SMILES string of the molecule is CC(C)=C=C(c1ccccc1)[P@]1(=O)O[C@@H](c2ccccc2)[C@H](C)N1C. The molecule has 0 amide bonds. The second kappa shape index (κ2) is 7.15. The van der Waals surface area contributed by atoms with Crippen LogP contribution in [0.2, 0.25) is 0 Å². The van der Waals surface area contributed by atoms with Gasteiger partial charge in [-0.1, -0.05) is 60.7 Å². The van der Waals surface area contributed by atoms with Gasteiger partial charge in [-0.25, -0.2) is 4.67 Å². The maximum atomic E-state index is 14.0. The summed E-state index contributed by atoms with van der Waals surface area (Å²) in [5, 5.41) is 0.640. The number of allylic oxidation sites excluding steroid dienone is 1. The van der Waals surface area contributed by atoms with Gasteiger partial charge in [0.2, 0.25) is 0 Å². The van der Waals surface area contributed by atoms with Crippen LogP contribution in [-0.2, 0) is 9.09 Å². The molecule has 3 rings (SSSR count). The molecule has 0 aromatic heterocycles. The first-order valence-corrected chi connectivity index (χ1v) is 10.1. The molecule has 2 aromatic carbocycles. The fourth-order valence-electron chi connectivity index (χ4n) is 3.08. The monoisotopic (exact) mass is 353 g/mol. The van der Waals surface area contributed by atoms with E-state index < -0.39 is 7.52 Å². The largest absolute Gasteiger partial charge is 0.311 e.